The van der Waals surface area contributed by atoms with Crippen LogP contribution in [0.25, 0.3) is 0 Å². The Kier molecular flexibility index (Phi) is 6.02. The molecule has 29 heavy (non-hydrogen) atoms. The van der Waals surface area contributed by atoms with Crippen molar-refractivity contribution in [2.75, 3.05) is 38.1 Å². The fourth-order valence-corrected chi connectivity index (χ4v) is 3.95. The molecule has 0 radical (unpaired) electrons. The van der Waals surface area contributed by atoms with E-state index in [4.69, 9.17) is 14.2 Å². The molecule has 10 heteroatoms. The van der Waals surface area contributed by atoms with Crippen molar-refractivity contribution >= 4 is 39.9 Å². The maximum Gasteiger partial charge on any atom is 0.350 e. The van der Waals surface area contributed by atoms with Gasteiger partial charge in [0.25, 0.3) is 0 Å². The van der Waals surface area contributed by atoms with Crippen LogP contribution in [-0.2, 0) is 14.3 Å². The van der Waals surface area contributed by atoms with E-state index in [0.717, 1.165) is 11.3 Å². The quantitative estimate of drug-likeness (QED) is 0.716. The summed E-state index contributed by atoms with van der Waals surface area (Å²) in [5.41, 5.74) is 1.10. The smallest absolute Gasteiger partial charge is 0.350 e. The van der Waals surface area contributed by atoms with Gasteiger partial charge in [0.05, 0.1) is 32.9 Å². The average Bonchev–Trinajstić information content (AvgIpc) is 3.29. The number of hydrogen-bond acceptors (Lipinski definition) is 8. The minimum absolute atomic E-state index is 0.0778. The van der Waals surface area contributed by atoms with Crippen LogP contribution in [0.4, 0.5) is 10.8 Å². The van der Waals surface area contributed by atoms with Gasteiger partial charge in [0.15, 0.2) is 16.6 Å². The summed E-state index contributed by atoms with van der Waals surface area (Å²) in [7, 11) is 4.33. The molecular formula is C19H21N3O6S. The zero-order valence-electron chi connectivity index (χ0n) is 16.5. The number of anilines is 2. The van der Waals surface area contributed by atoms with Gasteiger partial charge >= 0.3 is 5.97 Å². The van der Waals surface area contributed by atoms with Crippen LogP contribution in [0.15, 0.2) is 18.2 Å². The molecule has 0 spiro atoms. The first-order valence-corrected chi connectivity index (χ1v) is 9.58. The van der Waals surface area contributed by atoms with Crippen LogP contribution in [0, 0.1) is 12.8 Å². The summed E-state index contributed by atoms with van der Waals surface area (Å²) in [6, 6.07) is 5.15. The number of esters is 1. The van der Waals surface area contributed by atoms with E-state index in [0.29, 0.717) is 32.9 Å². The predicted octanol–water partition coefficient (Wildman–Crippen LogP) is 2.25. The van der Waals surface area contributed by atoms with E-state index in [1.54, 1.807) is 30.0 Å². The first-order chi connectivity index (χ1) is 13.9. The summed E-state index contributed by atoms with van der Waals surface area (Å²) >= 11 is 1.04. The van der Waals surface area contributed by atoms with Crippen molar-refractivity contribution in [3.63, 3.8) is 0 Å². The van der Waals surface area contributed by atoms with Crippen LogP contribution in [0.3, 0.4) is 0 Å². The largest absolute Gasteiger partial charge is 0.493 e. The fourth-order valence-electron chi connectivity index (χ4n) is 3.06. The van der Waals surface area contributed by atoms with Crippen LogP contribution in [-0.4, -0.2) is 50.6 Å². The maximum atomic E-state index is 12.6. The molecule has 1 saturated heterocycles. The summed E-state index contributed by atoms with van der Waals surface area (Å²) in [5.74, 6) is -0.482. The molecule has 154 valence electrons. The average molecular weight is 419 g/mol. The number of thiazole rings is 1. The molecule has 1 atom stereocenters. The van der Waals surface area contributed by atoms with Crippen LogP contribution < -0.4 is 19.7 Å². The van der Waals surface area contributed by atoms with Gasteiger partial charge in [0, 0.05) is 24.7 Å². The van der Waals surface area contributed by atoms with Gasteiger partial charge in [0.2, 0.25) is 11.8 Å². The molecule has 1 aromatic carbocycles. The molecule has 1 aliphatic heterocycles. The molecule has 1 unspecified atom stereocenters. The van der Waals surface area contributed by atoms with Gasteiger partial charge in [-0.25, -0.2) is 9.78 Å². The van der Waals surface area contributed by atoms with E-state index in [1.807, 2.05) is 0 Å². The fraction of sp³-hybridized carbons (Fsp3) is 0.368. The highest BCUT2D eigenvalue weighted by Gasteiger charge is 2.36. The molecule has 0 bridgehead atoms. The number of nitrogens with zero attached hydrogens (tertiary/aromatic N) is 2. The summed E-state index contributed by atoms with van der Waals surface area (Å²) in [4.78, 5) is 42.9. The van der Waals surface area contributed by atoms with Crippen LogP contribution in [0.2, 0.25) is 0 Å². The van der Waals surface area contributed by atoms with Gasteiger partial charge in [-0.1, -0.05) is 11.3 Å². The first-order valence-electron chi connectivity index (χ1n) is 8.77. The maximum absolute atomic E-state index is 12.6. The van der Waals surface area contributed by atoms with Gasteiger partial charge < -0.3 is 24.4 Å². The zero-order chi connectivity index (χ0) is 21.1. The molecule has 1 aromatic heterocycles. The highest BCUT2D eigenvalue weighted by Crippen LogP contribution is 2.34. The highest BCUT2D eigenvalue weighted by atomic mass is 32.1. The number of aryl methyl sites for hydroxylation is 1. The number of hydrogen-bond donors (Lipinski definition) is 1. The molecular weight excluding hydrogens is 398 g/mol. The van der Waals surface area contributed by atoms with E-state index >= 15 is 0 Å². The van der Waals surface area contributed by atoms with E-state index in [2.05, 4.69) is 10.3 Å². The second-order valence-corrected chi connectivity index (χ2v) is 7.36. The molecule has 2 heterocycles. The Morgan fingerprint density at radius 1 is 1.21 bits per heavy atom. The zero-order valence-corrected chi connectivity index (χ0v) is 17.3. The summed E-state index contributed by atoms with van der Waals surface area (Å²) in [6.07, 6.45) is 0.0778. The van der Waals surface area contributed by atoms with E-state index in [-0.39, 0.29) is 24.8 Å². The molecule has 0 aliphatic carbocycles. The molecule has 2 amide bonds. The molecule has 1 fully saturated rings. The number of nitrogens with one attached hydrogen (secondary N) is 1. The van der Waals surface area contributed by atoms with Crippen LogP contribution in [0.1, 0.15) is 21.8 Å². The standard InChI is InChI=1S/C19H21N3O6S/c1-10-16(18(25)28-4)29-19(20-10)21-17(24)11-7-15(23)22(9-11)12-5-6-13(26-2)14(8-12)27-3/h5-6,8,11H,7,9H2,1-4H3,(H,20,21,24). The number of rotatable bonds is 6. The number of carbonyl (C=O) groups excluding carboxylic acids is 3. The normalized spacial score (nSPS) is 15.9. The highest BCUT2D eigenvalue weighted by molar-refractivity contribution is 7.17. The second-order valence-electron chi connectivity index (χ2n) is 6.36. The van der Waals surface area contributed by atoms with Crippen molar-refractivity contribution in [2.24, 2.45) is 5.92 Å². The van der Waals surface area contributed by atoms with Gasteiger partial charge in [-0.3, -0.25) is 9.59 Å². The van der Waals surface area contributed by atoms with Crippen molar-refractivity contribution < 1.29 is 28.6 Å². The Labute approximate surface area is 171 Å². The topological polar surface area (TPSA) is 107 Å². The lowest BCUT2D eigenvalue weighted by Crippen LogP contribution is -2.28. The third-order valence-corrected chi connectivity index (χ3v) is 5.63. The first kappa shape index (κ1) is 20.6. The summed E-state index contributed by atoms with van der Waals surface area (Å²) in [5, 5.41) is 2.99. The lowest BCUT2D eigenvalue weighted by molar-refractivity contribution is -0.122. The molecule has 3 rings (SSSR count). The predicted molar refractivity (Wildman–Crippen MR) is 107 cm³/mol. The third kappa shape index (κ3) is 4.16. The third-order valence-electron chi connectivity index (χ3n) is 4.57. The molecule has 2 aromatic rings. The molecule has 0 saturated carbocycles. The molecule has 9 nitrogen and oxygen atoms in total. The van der Waals surface area contributed by atoms with Gasteiger partial charge in [0.1, 0.15) is 4.88 Å². The lowest BCUT2D eigenvalue weighted by Gasteiger charge is -2.18. The molecule has 1 N–H and O–H groups in total. The number of benzene rings is 1. The van der Waals surface area contributed by atoms with Crippen molar-refractivity contribution in [3.05, 3.63) is 28.8 Å². The van der Waals surface area contributed by atoms with E-state index in [1.165, 1.54) is 21.3 Å². The van der Waals surface area contributed by atoms with Crippen molar-refractivity contribution in [3.8, 4) is 11.5 Å². The van der Waals surface area contributed by atoms with E-state index < -0.39 is 11.9 Å². The number of methoxy groups -OCH3 is 3. The number of amides is 2. The van der Waals surface area contributed by atoms with Crippen molar-refractivity contribution in [2.45, 2.75) is 13.3 Å². The van der Waals surface area contributed by atoms with Gasteiger partial charge in [-0.05, 0) is 19.1 Å². The van der Waals surface area contributed by atoms with Gasteiger partial charge in [-0.2, -0.15) is 0 Å². The number of aromatic nitrogens is 1. The minimum atomic E-state index is -0.540. The summed E-state index contributed by atoms with van der Waals surface area (Å²) < 4.78 is 15.2. The van der Waals surface area contributed by atoms with Crippen molar-refractivity contribution in [1.29, 1.82) is 0 Å². The monoisotopic (exact) mass is 419 g/mol. The van der Waals surface area contributed by atoms with Gasteiger partial charge in [-0.15, -0.1) is 0 Å². The Bertz CT molecular complexity index is 957. The molecule has 1 aliphatic rings. The number of carbonyl (C=O) groups is 3. The Balaban J connectivity index is 1.72. The van der Waals surface area contributed by atoms with Crippen LogP contribution in [0.5, 0.6) is 11.5 Å². The van der Waals surface area contributed by atoms with E-state index in [9.17, 15) is 14.4 Å². The Hall–Kier alpha value is -3.14. The lowest BCUT2D eigenvalue weighted by atomic mass is 10.1. The Morgan fingerprint density at radius 3 is 2.59 bits per heavy atom. The number of ether oxygens (including phenoxy) is 3. The van der Waals surface area contributed by atoms with Crippen molar-refractivity contribution in [1.82, 2.24) is 4.98 Å². The minimum Gasteiger partial charge on any atom is -0.493 e. The Morgan fingerprint density at radius 2 is 1.93 bits per heavy atom. The van der Waals surface area contributed by atoms with Crippen LogP contribution >= 0.6 is 11.3 Å². The summed E-state index contributed by atoms with van der Waals surface area (Å²) in [6.45, 7) is 1.89. The SMILES string of the molecule is COC(=O)c1sc(NC(=O)C2CC(=O)N(c3ccc(OC)c(OC)c3)C2)nc1C. The second kappa shape index (κ2) is 8.48.